The summed E-state index contributed by atoms with van der Waals surface area (Å²) in [5, 5.41) is 1.11. The smallest absolute Gasteiger partial charge is 0.406 e. The summed E-state index contributed by atoms with van der Waals surface area (Å²) in [6.07, 6.45) is -3.57. The molecule has 0 aliphatic heterocycles. The topological polar surface area (TPSA) is 61.9 Å². The first kappa shape index (κ1) is 24.2. The van der Waals surface area contributed by atoms with E-state index in [1.54, 1.807) is 36.4 Å². The predicted molar refractivity (Wildman–Crippen MR) is 132 cm³/mol. The Hall–Kier alpha value is -3.53. The summed E-state index contributed by atoms with van der Waals surface area (Å²) in [5.41, 5.74) is 0.629. The van der Waals surface area contributed by atoms with Gasteiger partial charge < -0.3 is 4.74 Å². The maximum atomic E-state index is 13.9. The van der Waals surface area contributed by atoms with Crippen molar-refractivity contribution in [1.82, 2.24) is 19.1 Å². The second kappa shape index (κ2) is 9.16. The van der Waals surface area contributed by atoms with Gasteiger partial charge in [-0.1, -0.05) is 40.9 Å². The van der Waals surface area contributed by atoms with Gasteiger partial charge >= 0.3 is 6.36 Å². The number of fused-ring (bicyclic) bond motifs is 1. The van der Waals surface area contributed by atoms with Crippen molar-refractivity contribution < 1.29 is 17.9 Å². The number of alkyl halides is 3. The van der Waals surface area contributed by atoms with E-state index in [0.29, 0.717) is 21.3 Å². The van der Waals surface area contributed by atoms with Crippen LogP contribution in [-0.4, -0.2) is 25.5 Å². The highest BCUT2D eigenvalue weighted by Crippen LogP contribution is 2.32. The third kappa shape index (κ3) is 4.65. The van der Waals surface area contributed by atoms with Crippen LogP contribution in [0.25, 0.3) is 33.9 Å². The Morgan fingerprint density at radius 2 is 1.58 bits per heavy atom. The lowest BCUT2D eigenvalue weighted by Gasteiger charge is -2.15. The minimum absolute atomic E-state index is 0.0305. The van der Waals surface area contributed by atoms with Gasteiger partial charge in [0, 0.05) is 21.7 Å². The highest BCUT2D eigenvalue weighted by atomic mass is 35.5. The molecule has 6 nitrogen and oxygen atoms in total. The van der Waals surface area contributed by atoms with E-state index >= 15 is 0 Å². The fraction of sp³-hybridized carbons (Fsp3) is 0.0417. The highest BCUT2D eigenvalue weighted by Gasteiger charge is 2.31. The summed E-state index contributed by atoms with van der Waals surface area (Å²) in [7, 11) is 0. The zero-order chi connectivity index (χ0) is 25.6. The van der Waals surface area contributed by atoms with Gasteiger partial charge in [-0.25, -0.2) is 9.97 Å². The van der Waals surface area contributed by atoms with E-state index in [0.717, 1.165) is 12.1 Å². The Labute approximate surface area is 216 Å². The summed E-state index contributed by atoms with van der Waals surface area (Å²) in [5.74, 6) is -0.256. The molecular formula is C24H12Cl3F3N4O2. The molecule has 0 fully saturated rings. The molecule has 0 aliphatic rings. The lowest BCUT2D eigenvalue weighted by atomic mass is 10.2. The maximum Gasteiger partial charge on any atom is 0.573 e. The Morgan fingerprint density at radius 1 is 0.861 bits per heavy atom. The Morgan fingerprint density at radius 3 is 2.28 bits per heavy atom. The molecule has 0 bridgehead atoms. The van der Waals surface area contributed by atoms with Crippen molar-refractivity contribution in [3.63, 3.8) is 0 Å². The van der Waals surface area contributed by atoms with Gasteiger partial charge in [-0.05, 0) is 54.6 Å². The van der Waals surface area contributed by atoms with E-state index in [2.05, 4.69) is 14.7 Å². The second-order valence-electron chi connectivity index (χ2n) is 7.51. The number of nitrogens with zero attached hydrogens (tertiary/aromatic N) is 4. The lowest BCUT2D eigenvalue weighted by molar-refractivity contribution is -0.274. The van der Waals surface area contributed by atoms with Crippen LogP contribution in [0.15, 0.2) is 77.9 Å². The van der Waals surface area contributed by atoms with E-state index in [-0.39, 0.29) is 27.7 Å². The molecule has 0 radical (unpaired) electrons. The number of rotatable bonds is 4. The number of benzene rings is 3. The van der Waals surface area contributed by atoms with Gasteiger partial charge in [0.25, 0.3) is 5.56 Å². The fourth-order valence-electron chi connectivity index (χ4n) is 3.68. The van der Waals surface area contributed by atoms with E-state index in [4.69, 9.17) is 34.8 Å². The van der Waals surface area contributed by atoms with Gasteiger partial charge in [0.15, 0.2) is 17.0 Å². The first-order valence-electron chi connectivity index (χ1n) is 10.2. The summed E-state index contributed by atoms with van der Waals surface area (Å²) < 4.78 is 44.9. The van der Waals surface area contributed by atoms with Crippen LogP contribution in [0.1, 0.15) is 0 Å². The zero-order valence-electron chi connectivity index (χ0n) is 17.8. The van der Waals surface area contributed by atoms with Crippen LogP contribution in [-0.2, 0) is 0 Å². The summed E-state index contributed by atoms with van der Waals surface area (Å²) in [4.78, 5) is 22.7. The average molecular weight is 552 g/mol. The van der Waals surface area contributed by atoms with E-state index in [1.807, 2.05) is 0 Å². The molecule has 12 heteroatoms. The van der Waals surface area contributed by atoms with Crippen molar-refractivity contribution in [2.24, 2.45) is 0 Å². The standard InChI is InChI=1S/C24H12Cl3F3N4O2/c25-13-4-7-15(8-5-13)34-22(18-9-6-14(26)10-19(18)27)32-21-20(23(34)35)33(12-31-21)16-2-1-3-17(11-16)36-24(28,29)30/h1-12H. The van der Waals surface area contributed by atoms with E-state index in [1.165, 1.54) is 33.7 Å². The molecule has 5 rings (SSSR count). The van der Waals surface area contributed by atoms with Crippen molar-refractivity contribution in [2.45, 2.75) is 6.36 Å². The van der Waals surface area contributed by atoms with Gasteiger partial charge in [0.05, 0.1) is 16.4 Å². The minimum Gasteiger partial charge on any atom is -0.406 e. The molecule has 0 aliphatic carbocycles. The van der Waals surface area contributed by atoms with Gasteiger partial charge in [-0.2, -0.15) is 0 Å². The average Bonchev–Trinajstić information content (AvgIpc) is 3.23. The maximum absolute atomic E-state index is 13.9. The monoisotopic (exact) mass is 550 g/mol. The van der Waals surface area contributed by atoms with Crippen LogP contribution in [0.2, 0.25) is 15.1 Å². The Bertz CT molecular complexity index is 1660. The van der Waals surface area contributed by atoms with Crippen molar-refractivity contribution in [2.75, 3.05) is 0 Å². The largest absolute Gasteiger partial charge is 0.573 e. The normalized spacial score (nSPS) is 11.7. The van der Waals surface area contributed by atoms with Crippen LogP contribution in [0.4, 0.5) is 13.2 Å². The van der Waals surface area contributed by atoms with Gasteiger partial charge in [0.1, 0.15) is 12.1 Å². The SMILES string of the molecule is O=c1c2c(ncn2-c2cccc(OC(F)(F)F)c2)nc(-c2ccc(Cl)cc2Cl)n1-c1ccc(Cl)cc1. The second-order valence-corrected chi connectivity index (χ2v) is 8.79. The van der Waals surface area contributed by atoms with Crippen molar-refractivity contribution >= 4 is 46.0 Å². The van der Waals surface area contributed by atoms with Gasteiger partial charge in [-0.15, -0.1) is 13.2 Å². The summed E-state index contributed by atoms with van der Waals surface area (Å²) in [6, 6.07) is 16.4. The first-order chi connectivity index (χ1) is 17.1. The molecule has 0 spiro atoms. The number of hydrogen-bond acceptors (Lipinski definition) is 4. The number of halogens is 6. The summed E-state index contributed by atoms with van der Waals surface area (Å²) in [6.45, 7) is 0. The third-order valence-electron chi connectivity index (χ3n) is 5.16. The molecule has 0 N–H and O–H groups in total. The molecule has 182 valence electrons. The molecular weight excluding hydrogens is 540 g/mol. The van der Waals surface area contributed by atoms with E-state index < -0.39 is 17.7 Å². The number of imidazole rings is 1. The number of ether oxygens (including phenoxy) is 1. The molecule has 0 amide bonds. The van der Waals surface area contributed by atoms with Gasteiger partial charge in [-0.3, -0.25) is 13.9 Å². The van der Waals surface area contributed by atoms with Gasteiger partial charge in [0.2, 0.25) is 0 Å². The van der Waals surface area contributed by atoms with Crippen molar-refractivity contribution in [3.8, 4) is 28.5 Å². The molecule has 2 aromatic heterocycles. The van der Waals surface area contributed by atoms with Crippen LogP contribution in [0.5, 0.6) is 5.75 Å². The molecule has 2 heterocycles. The first-order valence-corrected chi connectivity index (χ1v) is 11.3. The van der Waals surface area contributed by atoms with Crippen molar-refractivity contribution in [1.29, 1.82) is 0 Å². The summed E-state index contributed by atoms with van der Waals surface area (Å²) >= 11 is 18.5. The van der Waals surface area contributed by atoms with Crippen LogP contribution < -0.4 is 10.3 Å². The Kier molecular flexibility index (Phi) is 6.15. The molecule has 0 saturated carbocycles. The molecule has 0 saturated heterocycles. The lowest BCUT2D eigenvalue weighted by Crippen LogP contribution is -2.23. The Balaban J connectivity index is 1.78. The molecule has 36 heavy (non-hydrogen) atoms. The number of hydrogen-bond donors (Lipinski definition) is 0. The van der Waals surface area contributed by atoms with Crippen LogP contribution in [0.3, 0.4) is 0 Å². The molecule has 3 aromatic carbocycles. The minimum atomic E-state index is -4.87. The molecule has 5 aromatic rings. The van der Waals surface area contributed by atoms with E-state index in [9.17, 15) is 18.0 Å². The van der Waals surface area contributed by atoms with Crippen LogP contribution in [0, 0.1) is 0 Å². The van der Waals surface area contributed by atoms with Crippen LogP contribution >= 0.6 is 34.8 Å². The fourth-order valence-corrected chi connectivity index (χ4v) is 4.30. The highest BCUT2D eigenvalue weighted by molar-refractivity contribution is 6.36. The molecule has 0 unspecified atom stereocenters. The molecule has 0 atom stereocenters. The quantitative estimate of drug-likeness (QED) is 0.239. The zero-order valence-corrected chi connectivity index (χ0v) is 20.1. The predicted octanol–water partition coefficient (Wildman–Crippen LogP) is 7.10. The van der Waals surface area contributed by atoms with Crippen molar-refractivity contribution in [3.05, 3.63) is 98.5 Å². The third-order valence-corrected chi connectivity index (χ3v) is 5.96. The number of aromatic nitrogens is 4.